The molecule has 110 valence electrons. The zero-order valence-electron chi connectivity index (χ0n) is 11.8. The first kappa shape index (κ1) is 13.2. The highest BCUT2D eigenvalue weighted by atomic mass is 32.2. The van der Waals surface area contributed by atoms with Gasteiger partial charge in [-0.15, -0.1) is 0 Å². The van der Waals surface area contributed by atoms with Crippen molar-refractivity contribution in [2.45, 2.75) is 17.9 Å². The molecule has 0 saturated carbocycles. The first-order valence-electron chi connectivity index (χ1n) is 7.17. The van der Waals surface area contributed by atoms with E-state index in [4.69, 9.17) is 9.26 Å². The molecule has 3 atom stereocenters. The van der Waals surface area contributed by atoms with Gasteiger partial charge >= 0.3 is 0 Å². The van der Waals surface area contributed by atoms with Crippen LogP contribution < -0.4 is 10.1 Å². The SMILES string of the molecule is CNC1CSCC1c1nc(C2COc3ccccc32)no1. The quantitative estimate of drug-likeness (QED) is 0.936. The second kappa shape index (κ2) is 5.35. The lowest BCUT2D eigenvalue weighted by Crippen LogP contribution is -2.31. The van der Waals surface area contributed by atoms with Gasteiger partial charge in [0.1, 0.15) is 12.4 Å². The fourth-order valence-electron chi connectivity index (χ4n) is 3.00. The van der Waals surface area contributed by atoms with Crippen LogP contribution in [-0.4, -0.2) is 41.3 Å². The van der Waals surface area contributed by atoms with Crippen molar-refractivity contribution in [3.05, 3.63) is 41.5 Å². The number of hydrogen-bond donors (Lipinski definition) is 1. The van der Waals surface area contributed by atoms with E-state index in [2.05, 4.69) is 21.5 Å². The number of para-hydroxylation sites is 1. The molecule has 2 aliphatic rings. The molecule has 1 fully saturated rings. The van der Waals surface area contributed by atoms with Crippen LogP contribution in [0.2, 0.25) is 0 Å². The Labute approximate surface area is 127 Å². The van der Waals surface area contributed by atoms with Gasteiger partial charge in [0.25, 0.3) is 0 Å². The van der Waals surface area contributed by atoms with E-state index >= 15 is 0 Å². The summed E-state index contributed by atoms with van der Waals surface area (Å²) in [6.45, 7) is 0.590. The molecule has 5 nitrogen and oxygen atoms in total. The molecule has 0 aliphatic carbocycles. The fourth-order valence-corrected chi connectivity index (χ4v) is 4.42. The first-order valence-corrected chi connectivity index (χ1v) is 8.32. The number of benzene rings is 1. The van der Waals surface area contributed by atoms with Gasteiger partial charge in [0, 0.05) is 23.1 Å². The van der Waals surface area contributed by atoms with Crippen molar-refractivity contribution in [3.8, 4) is 5.75 Å². The maximum Gasteiger partial charge on any atom is 0.232 e. The van der Waals surface area contributed by atoms with E-state index in [0.717, 1.165) is 34.5 Å². The van der Waals surface area contributed by atoms with Crippen molar-refractivity contribution in [1.29, 1.82) is 0 Å². The molecular formula is C15H17N3O2S. The van der Waals surface area contributed by atoms with E-state index in [1.165, 1.54) is 0 Å². The Morgan fingerprint density at radius 1 is 1.29 bits per heavy atom. The van der Waals surface area contributed by atoms with Gasteiger partial charge in [-0.2, -0.15) is 16.7 Å². The van der Waals surface area contributed by atoms with Crippen LogP contribution in [0, 0.1) is 0 Å². The molecule has 21 heavy (non-hydrogen) atoms. The van der Waals surface area contributed by atoms with Crippen LogP contribution >= 0.6 is 11.8 Å². The highest BCUT2D eigenvalue weighted by Crippen LogP contribution is 2.38. The zero-order valence-corrected chi connectivity index (χ0v) is 12.6. The second-order valence-electron chi connectivity index (χ2n) is 5.43. The minimum atomic E-state index is 0.0841. The lowest BCUT2D eigenvalue weighted by atomic mass is 10.0. The molecule has 1 aromatic heterocycles. The van der Waals surface area contributed by atoms with E-state index in [0.29, 0.717) is 18.6 Å². The van der Waals surface area contributed by atoms with Crippen LogP contribution in [0.15, 0.2) is 28.8 Å². The summed E-state index contributed by atoms with van der Waals surface area (Å²) in [6, 6.07) is 8.48. The minimum absolute atomic E-state index is 0.0841. The average Bonchev–Trinajstić information content (AvgIpc) is 3.24. The molecule has 2 aliphatic heterocycles. The van der Waals surface area contributed by atoms with Crippen LogP contribution in [0.1, 0.15) is 29.1 Å². The molecule has 3 heterocycles. The van der Waals surface area contributed by atoms with Gasteiger partial charge in [0.2, 0.25) is 5.89 Å². The van der Waals surface area contributed by atoms with E-state index in [1.54, 1.807) is 0 Å². The number of nitrogens with zero attached hydrogens (tertiary/aromatic N) is 2. The summed E-state index contributed by atoms with van der Waals surface area (Å²) in [6.07, 6.45) is 0. The first-order chi connectivity index (χ1) is 10.4. The third kappa shape index (κ3) is 2.22. The Morgan fingerprint density at radius 2 is 2.19 bits per heavy atom. The summed E-state index contributed by atoms with van der Waals surface area (Å²) in [5, 5.41) is 7.54. The number of aromatic nitrogens is 2. The van der Waals surface area contributed by atoms with E-state index < -0.39 is 0 Å². The normalized spacial score (nSPS) is 27.6. The minimum Gasteiger partial charge on any atom is -0.492 e. The third-order valence-corrected chi connectivity index (χ3v) is 5.43. The van der Waals surface area contributed by atoms with Crippen molar-refractivity contribution in [2.75, 3.05) is 25.2 Å². The monoisotopic (exact) mass is 303 g/mol. The maximum absolute atomic E-state index is 5.70. The Hall–Kier alpha value is -1.53. The zero-order chi connectivity index (χ0) is 14.2. The summed E-state index contributed by atoms with van der Waals surface area (Å²) < 4.78 is 11.2. The van der Waals surface area contributed by atoms with Crippen LogP contribution in [0.4, 0.5) is 0 Å². The maximum atomic E-state index is 5.70. The molecule has 0 radical (unpaired) electrons. The predicted molar refractivity (Wildman–Crippen MR) is 81.0 cm³/mol. The number of thioether (sulfide) groups is 1. The highest BCUT2D eigenvalue weighted by molar-refractivity contribution is 7.99. The third-order valence-electron chi connectivity index (χ3n) is 4.24. The van der Waals surface area contributed by atoms with Crippen molar-refractivity contribution < 1.29 is 9.26 Å². The molecule has 1 aromatic carbocycles. The Morgan fingerprint density at radius 3 is 3.10 bits per heavy atom. The molecule has 4 rings (SSSR count). The van der Waals surface area contributed by atoms with Crippen LogP contribution in [-0.2, 0) is 0 Å². The summed E-state index contributed by atoms with van der Waals surface area (Å²) >= 11 is 1.92. The molecule has 3 unspecified atom stereocenters. The number of nitrogens with one attached hydrogen (secondary N) is 1. The standard InChI is InChI=1S/C15H17N3O2S/c1-16-12-8-21-7-11(12)15-17-14(18-20-15)10-6-19-13-5-3-2-4-9(10)13/h2-5,10-12,16H,6-8H2,1H3. The van der Waals surface area contributed by atoms with E-state index in [9.17, 15) is 0 Å². The van der Waals surface area contributed by atoms with Gasteiger partial charge in [-0.1, -0.05) is 23.4 Å². The summed E-state index contributed by atoms with van der Waals surface area (Å²) in [7, 11) is 1.99. The lowest BCUT2D eigenvalue weighted by molar-refractivity contribution is 0.324. The van der Waals surface area contributed by atoms with Gasteiger partial charge in [-0.25, -0.2) is 0 Å². The highest BCUT2D eigenvalue weighted by Gasteiger charge is 2.35. The summed E-state index contributed by atoms with van der Waals surface area (Å²) in [4.78, 5) is 4.66. The Balaban J connectivity index is 1.61. The number of ether oxygens (including phenoxy) is 1. The molecular weight excluding hydrogens is 286 g/mol. The topological polar surface area (TPSA) is 60.2 Å². The number of rotatable bonds is 3. The van der Waals surface area contributed by atoms with E-state index in [-0.39, 0.29) is 5.92 Å². The van der Waals surface area contributed by atoms with Crippen LogP contribution in [0.25, 0.3) is 0 Å². The lowest BCUT2D eigenvalue weighted by Gasteiger charge is -2.13. The number of hydrogen-bond acceptors (Lipinski definition) is 6. The molecule has 1 saturated heterocycles. The molecule has 0 amide bonds. The largest absolute Gasteiger partial charge is 0.492 e. The molecule has 6 heteroatoms. The van der Waals surface area contributed by atoms with Gasteiger partial charge in [0.05, 0.1) is 11.8 Å². The van der Waals surface area contributed by atoms with Gasteiger partial charge in [-0.05, 0) is 13.1 Å². The van der Waals surface area contributed by atoms with Crippen molar-refractivity contribution in [1.82, 2.24) is 15.5 Å². The molecule has 1 N–H and O–H groups in total. The predicted octanol–water partition coefficient (Wildman–Crippen LogP) is 2.01. The van der Waals surface area contributed by atoms with Crippen LogP contribution in [0.3, 0.4) is 0 Å². The second-order valence-corrected chi connectivity index (χ2v) is 6.51. The molecule has 2 aromatic rings. The molecule has 0 bridgehead atoms. The fraction of sp³-hybridized carbons (Fsp3) is 0.467. The van der Waals surface area contributed by atoms with Crippen molar-refractivity contribution in [3.63, 3.8) is 0 Å². The number of fused-ring (bicyclic) bond motifs is 1. The summed E-state index contributed by atoms with van der Waals surface area (Å²) in [5.41, 5.74) is 1.15. The Bertz CT molecular complexity index is 645. The Kier molecular flexibility index (Phi) is 3.35. The molecule has 0 spiro atoms. The van der Waals surface area contributed by atoms with E-state index in [1.807, 2.05) is 37.0 Å². The van der Waals surface area contributed by atoms with Gasteiger partial charge in [-0.3, -0.25) is 0 Å². The summed E-state index contributed by atoms with van der Waals surface area (Å²) in [5.74, 6) is 4.93. The average molecular weight is 303 g/mol. The van der Waals surface area contributed by atoms with Gasteiger partial charge < -0.3 is 14.6 Å². The van der Waals surface area contributed by atoms with Crippen molar-refractivity contribution in [2.24, 2.45) is 0 Å². The smallest absolute Gasteiger partial charge is 0.232 e. The van der Waals surface area contributed by atoms with Crippen LogP contribution in [0.5, 0.6) is 5.75 Å². The van der Waals surface area contributed by atoms with Gasteiger partial charge in [0.15, 0.2) is 5.82 Å². The number of likely N-dealkylation sites (N-methyl/N-ethyl adjacent to an activating group) is 1. The van der Waals surface area contributed by atoms with Crippen molar-refractivity contribution >= 4 is 11.8 Å².